The van der Waals surface area contributed by atoms with Gasteiger partial charge in [-0.15, -0.1) is 0 Å². The number of methoxy groups -OCH3 is 1. The number of allylic oxidation sites excluding steroid dienone is 1. The predicted molar refractivity (Wildman–Crippen MR) is 202 cm³/mol. The molecule has 1 fully saturated rings. The van der Waals surface area contributed by atoms with Crippen molar-refractivity contribution in [1.82, 2.24) is 15.5 Å². The van der Waals surface area contributed by atoms with Crippen LogP contribution < -0.4 is 31.6 Å². The highest BCUT2D eigenvalue weighted by Gasteiger charge is 2.57. The number of amides is 2. The third-order valence-electron chi connectivity index (χ3n) is 10.7. The number of benzene rings is 2. The van der Waals surface area contributed by atoms with Gasteiger partial charge < -0.3 is 66.6 Å². The first-order chi connectivity index (χ1) is 27.7. The summed E-state index contributed by atoms with van der Waals surface area (Å²) in [6.07, 6.45) is -1.96. The van der Waals surface area contributed by atoms with Gasteiger partial charge in [-0.3, -0.25) is 29.1 Å². The van der Waals surface area contributed by atoms with Gasteiger partial charge in [-0.2, -0.15) is 0 Å². The van der Waals surface area contributed by atoms with E-state index in [0.29, 0.717) is 17.4 Å². The number of hydrogen-bond acceptors (Lipinski definition) is 16. The van der Waals surface area contributed by atoms with Crippen LogP contribution >= 0.6 is 0 Å². The maximum Gasteiger partial charge on any atom is 0.253 e. The molecule has 0 radical (unpaired) electrons. The van der Waals surface area contributed by atoms with E-state index in [9.17, 15) is 49.5 Å². The van der Waals surface area contributed by atoms with Gasteiger partial charge in [-0.05, 0) is 42.2 Å². The Labute approximate surface area is 331 Å². The second-order valence-electron chi connectivity index (χ2n) is 14.1. The summed E-state index contributed by atoms with van der Waals surface area (Å²) in [6.45, 7) is -1.05. The van der Waals surface area contributed by atoms with Crippen LogP contribution in [0.3, 0.4) is 0 Å². The minimum atomic E-state index is -2.44. The topological polar surface area (TPSA) is 306 Å². The number of aldehydes is 1. The Kier molecular flexibility index (Phi) is 12.0. The van der Waals surface area contributed by atoms with E-state index in [1.165, 1.54) is 38.4 Å². The molecular weight excluding hydrogens is 760 g/mol. The summed E-state index contributed by atoms with van der Waals surface area (Å²) in [5, 5.41) is 63.0. The lowest BCUT2D eigenvalue weighted by atomic mass is 9.75. The number of aliphatic imine (C=N–C) groups is 1. The third-order valence-corrected chi connectivity index (χ3v) is 10.7. The average molecular weight is 805 g/mol. The maximum atomic E-state index is 14.4. The standard InChI is InChI=1S/C39H44N6O13/c1-42-38(41)44-15-24-19(4-3-9-46)10-22-31(33(24)51)34(52)30-23(32(22)50)12-21(56-2)13-25(30)57-37-35(53)36(54)39(55,26(17-47)58-37)14-20(18-7-8-43-27(40)11-18)16-45-28(48)5-6-29(45)49/h5-7,9-13,20,26,35-37,43,47,51,53-55H,3-4,8,14-17,40H2,1-2H3,(H3,41,42,44). The zero-order valence-electron chi connectivity index (χ0n) is 31.5. The number of ketones is 2. The van der Waals surface area contributed by atoms with Gasteiger partial charge in [0, 0.05) is 73.9 Å². The largest absolute Gasteiger partial charge is 0.507 e. The molecule has 0 spiro atoms. The summed E-state index contributed by atoms with van der Waals surface area (Å²) in [5.74, 6) is -4.30. The summed E-state index contributed by atoms with van der Waals surface area (Å²) in [4.78, 5) is 69.6. The van der Waals surface area contributed by atoms with Gasteiger partial charge in [-0.25, -0.2) is 0 Å². The number of hydrogen-bond donors (Lipinski definition) is 9. The summed E-state index contributed by atoms with van der Waals surface area (Å²) in [5.41, 5.74) is 9.33. The number of aryl methyl sites for hydroxylation is 1. The molecule has 11 N–H and O–H groups in total. The van der Waals surface area contributed by atoms with Crippen LogP contribution in [0, 0.1) is 5.92 Å². The van der Waals surface area contributed by atoms with Gasteiger partial charge in [0.05, 0.1) is 30.7 Å². The molecule has 4 aliphatic rings. The number of guanidine groups is 1. The molecule has 6 atom stereocenters. The Morgan fingerprint density at radius 1 is 1.14 bits per heavy atom. The quantitative estimate of drug-likeness (QED) is 0.0374. The Morgan fingerprint density at radius 3 is 2.48 bits per heavy atom. The molecule has 3 aliphatic heterocycles. The first kappa shape index (κ1) is 41.5. The van der Waals surface area contributed by atoms with Crippen LogP contribution in [0.4, 0.5) is 0 Å². The zero-order chi connectivity index (χ0) is 42.1. The number of phenols is 1. The fraction of sp³-hybridized carbons (Fsp3) is 0.385. The number of dihydropyridines is 1. The van der Waals surface area contributed by atoms with Gasteiger partial charge in [0.2, 0.25) is 12.1 Å². The number of nitrogens with two attached hydrogens (primary N) is 2. The number of rotatable bonds is 14. The van der Waals surface area contributed by atoms with Gasteiger partial charge in [0.25, 0.3) is 11.8 Å². The van der Waals surface area contributed by atoms with Crippen LogP contribution in [0.1, 0.15) is 55.8 Å². The predicted octanol–water partition coefficient (Wildman–Crippen LogP) is -1.85. The molecular formula is C39H44N6O13. The highest BCUT2D eigenvalue weighted by Crippen LogP contribution is 2.44. The van der Waals surface area contributed by atoms with Crippen LogP contribution in [-0.4, -0.2) is 130 Å². The van der Waals surface area contributed by atoms with Crippen molar-refractivity contribution in [3.63, 3.8) is 0 Å². The molecule has 19 heteroatoms. The fourth-order valence-electron chi connectivity index (χ4n) is 7.60. The number of carbonyl (C=O) groups is 5. The van der Waals surface area contributed by atoms with E-state index in [-0.39, 0.29) is 83.6 Å². The lowest BCUT2D eigenvalue weighted by Crippen LogP contribution is -2.68. The smallest absolute Gasteiger partial charge is 0.253 e. The van der Waals surface area contributed by atoms with E-state index < -0.39 is 78.3 Å². The molecule has 1 saturated heterocycles. The zero-order valence-corrected chi connectivity index (χ0v) is 31.5. The Balaban J connectivity index is 1.34. The van der Waals surface area contributed by atoms with Crippen LogP contribution in [0.15, 0.2) is 58.9 Å². The number of phenolic OH excluding ortho intramolecular Hbond substituents is 1. The van der Waals surface area contributed by atoms with Crippen LogP contribution in [-0.2, 0) is 32.1 Å². The molecule has 3 heterocycles. The first-order valence-corrected chi connectivity index (χ1v) is 18.2. The van der Waals surface area contributed by atoms with Gasteiger partial charge in [0.15, 0.2) is 11.7 Å². The summed E-state index contributed by atoms with van der Waals surface area (Å²) < 4.78 is 17.3. The van der Waals surface area contributed by atoms with Crippen molar-refractivity contribution >= 4 is 35.6 Å². The van der Waals surface area contributed by atoms with E-state index in [0.717, 1.165) is 17.1 Å². The van der Waals surface area contributed by atoms with Crippen molar-refractivity contribution in [3.05, 3.63) is 87.3 Å². The lowest BCUT2D eigenvalue weighted by molar-refractivity contribution is -0.316. The molecule has 0 aromatic heterocycles. The number of fused-ring (bicyclic) bond motifs is 2. The first-order valence-electron chi connectivity index (χ1n) is 18.2. The molecule has 2 aromatic rings. The highest BCUT2D eigenvalue weighted by molar-refractivity contribution is 6.30. The summed E-state index contributed by atoms with van der Waals surface area (Å²) >= 11 is 0. The second-order valence-corrected chi connectivity index (χ2v) is 14.1. The monoisotopic (exact) mass is 804 g/mol. The number of aliphatic hydroxyl groups is 4. The van der Waals surface area contributed by atoms with E-state index >= 15 is 0 Å². The molecule has 1 aliphatic carbocycles. The molecule has 6 rings (SSSR count). The Bertz CT molecular complexity index is 2140. The minimum Gasteiger partial charge on any atom is -0.507 e. The number of ether oxygens (including phenoxy) is 3. The Morgan fingerprint density at radius 2 is 1.84 bits per heavy atom. The molecule has 6 unspecified atom stereocenters. The highest BCUT2D eigenvalue weighted by atomic mass is 16.7. The van der Waals surface area contributed by atoms with Crippen molar-refractivity contribution < 1.29 is 63.7 Å². The number of aliphatic hydroxyl groups excluding tert-OH is 3. The van der Waals surface area contributed by atoms with Crippen LogP contribution in [0.2, 0.25) is 0 Å². The van der Waals surface area contributed by atoms with Crippen molar-refractivity contribution in [1.29, 1.82) is 0 Å². The van der Waals surface area contributed by atoms with E-state index in [1.807, 2.05) is 0 Å². The van der Waals surface area contributed by atoms with Crippen LogP contribution in [0.5, 0.6) is 17.2 Å². The molecule has 0 bridgehead atoms. The van der Waals surface area contributed by atoms with Crippen molar-refractivity contribution in [3.8, 4) is 17.2 Å². The molecule has 2 amide bonds. The fourth-order valence-corrected chi connectivity index (χ4v) is 7.60. The SMILES string of the molecule is CN=C(N)NCc1c(CCC=O)cc2c(c1O)C(=O)c1c(OC3OC(CO)C(O)(CC(CN4C(=O)C=CC4=O)C4=CCNC(N)=C4)C(O)C3O)cc(OC)cc1C2=O. The summed E-state index contributed by atoms with van der Waals surface area (Å²) in [7, 11) is 2.72. The lowest BCUT2D eigenvalue weighted by Gasteiger charge is -2.49. The molecule has 0 saturated carbocycles. The number of aromatic hydroxyl groups is 1. The van der Waals surface area contributed by atoms with Gasteiger partial charge in [0.1, 0.15) is 47.4 Å². The van der Waals surface area contributed by atoms with Gasteiger partial charge in [-0.1, -0.05) is 6.08 Å². The number of carbonyl (C=O) groups excluding carboxylic acids is 5. The van der Waals surface area contributed by atoms with Crippen molar-refractivity contribution in [2.75, 3.05) is 33.9 Å². The molecule has 58 heavy (non-hydrogen) atoms. The maximum absolute atomic E-state index is 14.4. The Hall–Kier alpha value is -6.12. The van der Waals surface area contributed by atoms with Crippen molar-refractivity contribution in [2.45, 2.75) is 56.0 Å². The molecule has 308 valence electrons. The van der Waals surface area contributed by atoms with Gasteiger partial charge >= 0.3 is 0 Å². The number of imide groups is 1. The molecule has 2 aromatic carbocycles. The summed E-state index contributed by atoms with van der Waals surface area (Å²) in [6, 6.07) is 3.92. The average Bonchev–Trinajstić information content (AvgIpc) is 3.53. The van der Waals surface area contributed by atoms with Crippen molar-refractivity contribution in [2.24, 2.45) is 22.4 Å². The number of nitrogens with zero attached hydrogens (tertiary/aromatic N) is 2. The second kappa shape index (κ2) is 16.8. The van der Waals surface area contributed by atoms with E-state index in [1.54, 1.807) is 6.08 Å². The number of nitrogens with one attached hydrogen (secondary N) is 2. The van der Waals surface area contributed by atoms with E-state index in [2.05, 4.69) is 15.6 Å². The molecule has 19 nitrogen and oxygen atoms in total. The normalized spacial score (nSPS) is 24.7. The minimum absolute atomic E-state index is 0.0184. The van der Waals surface area contributed by atoms with Crippen LogP contribution in [0.25, 0.3) is 0 Å². The van der Waals surface area contributed by atoms with E-state index in [4.69, 9.17) is 25.7 Å². The third kappa shape index (κ3) is 7.64.